The van der Waals surface area contributed by atoms with Gasteiger partial charge in [0.2, 0.25) is 5.91 Å². The number of hydrogen-bond acceptors (Lipinski definition) is 5. The van der Waals surface area contributed by atoms with E-state index in [1.54, 1.807) is 12.1 Å². The van der Waals surface area contributed by atoms with Crippen molar-refractivity contribution in [2.45, 2.75) is 11.8 Å². The number of amides is 1. The van der Waals surface area contributed by atoms with Crippen LogP contribution >= 0.6 is 0 Å². The number of ether oxygens (including phenoxy) is 1. The lowest BCUT2D eigenvalue weighted by molar-refractivity contribution is -0.117. The van der Waals surface area contributed by atoms with E-state index in [2.05, 4.69) is 5.32 Å². The van der Waals surface area contributed by atoms with E-state index in [-0.39, 0.29) is 17.3 Å². The minimum absolute atomic E-state index is 0.171. The summed E-state index contributed by atoms with van der Waals surface area (Å²) in [5.74, 6) is 0.634. The van der Waals surface area contributed by atoms with Crippen molar-refractivity contribution in [3.05, 3.63) is 54.1 Å². The SMILES string of the molecule is Cc1ccc(OCCN(C)CC(=O)Nc2ccc(S(C)(=O)=O)cc2)cc1. The summed E-state index contributed by atoms with van der Waals surface area (Å²) >= 11 is 0. The molecule has 26 heavy (non-hydrogen) atoms. The van der Waals surface area contributed by atoms with Gasteiger partial charge < -0.3 is 10.1 Å². The van der Waals surface area contributed by atoms with Crippen molar-refractivity contribution >= 4 is 21.4 Å². The van der Waals surface area contributed by atoms with E-state index in [1.165, 1.54) is 17.7 Å². The first-order valence-corrected chi connectivity index (χ1v) is 10.1. The molecule has 2 aromatic carbocycles. The molecule has 0 saturated carbocycles. The van der Waals surface area contributed by atoms with E-state index in [0.717, 1.165) is 12.0 Å². The van der Waals surface area contributed by atoms with Gasteiger partial charge in [0.25, 0.3) is 0 Å². The summed E-state index contributed by atoms with van der Waals surface area (Å²) in [6, 6.07) is 13.9. The molecule has 0 bridgehead atoms. The maximum atomic E-state index is 12.1. The minimum atomic E-state index is -3.24. The average Bonchev–Trinajstić information content (AvgIpc) is 2.56. The molecule has 0 aliphatic rings. The number of hydrogen-bond donors (Lipinski definition) is 1. The van der Waals surface area contributed by atoms with E-state index in [1.807, 2.05) is 43.1 Å². The summed E-state index contributed by atoms with van der Waals surface area (Å²) in [5, 5.41) is 2.75. The monoisotopic (exact) mass is 376 g/mol. The van der Waals surface area contributed by atoms with Gasteiger partial charge in [-0.2, -0.15) is 0 Å². The molecule has 1 N–H and O–H groups in total. The number of carbonyl (C=O) groups excluding carboxylic acids is 1. The smallest absolute Gasteiger partial charge is 0.238 e. The Bertz CT molecular complexity index is 831. The predicted molar refractivity (Wildman–Crippen MR) is 102 cm³/mol. The third-order valence-corrected chi connectivity index (χ3v) is 4.87. The zero-order chi connectivity index (χ0) is 19.2. The number of benzene rings is 2. The molecule has 0 unspecified atom stereocenters. The zero-order valence-corrected chi connectivity index (χ0v) is 16.0. The topological polar surface area (TPSA) is 75.7 Å². The third-order valence-electron chi connectivity index (χ3n) is 3.74. The van der Waals surface area contributed by atoms with E-state index >= 15 is 0 Å². The van der Waals surface area contributed by atoms with Gasteiger partial charge >= 0.3 is 0 Å². The fraction of sp³-hybridized carbons (Fsp3) is 0.316. The second-order valence-corrected chi connectivity index (χ2v) is 8.26. The average molecular weight is 376 g/mol. The van der Waals surface area contributed by atoms with Crippen LogP contribution in [0.4, 0.5) is 5.69 Å². The first-order chi connectivity index (χ1) is 12.2. The van der Waals surface area contributed by atoms with Crippen molar-refractivity contribution in [2.24, 2.45) is 0 Å². The molecule has 0 aliphatic carbocycles. The number of sulfone groups is 1. The number of carbonyl (C=O) groups is 1. The van der Waals surface area contributed by atoms with Crippen molar-refractivity contribution < 1.29 is 17.9 Å². The molecule has 0 radical (unpaired) electrons. The Morgan fingerprint density at radius 2 is 1.69 bits per heavy atom. The van der Waals surface area contributed by atoms with Crippen LogP contribution in [0.15, 0.2) is 53.4 Å². The van der Waals surface area contributed by atoms with Crippen LogP contribution in [0.3, 0.4) is 0 Å². The Morgan fingerprint density at radius 1 is 1.08 bits per heavy atom. The molecule has 0 saturated heterocycles. The van der Waals surface area contributed by atoms with E-state index in [4.69, 9.17) is 4.74 Å². The van der Waals surface area contributed by atoms with Crippen molar-refractivity contribution in [1.29, 1.82) is 0 Å². The molecule has 0 atom stereocenters. The molecule has 7 heteroatoms. The highest BCUT2D eigenvalue weighted by atomic mass is 32.2. The molecule has 0 heterocycles. The van der Waals surface area contributed by atoms with Crippen molar-refractivity contribution in [2.75, 3.05) is 38.3 Å². The molecule has 6 nitrogen and oxygen atoms in total. The second kappa shape index (κ2) is 8.82. The maximum Gasteiger partial charge on any atom is 0.238 e. The van der Waals surface area contributed by atoms with Gasteiger partial charge in [0.15, 0.2) is 9.84 Å². The Balaban J connectivity index is 1.75. The van der Waals surface area contributed by atoms with Crippen LogP contribution in [0.5, 0.6) is 5.75 Å². The highest BCUT2D eigenvalue weighted by Gasteiger charge is 2.09. The standard InChI is InChI=1S/C19H24N2O4S/c1-15-4-8-17(9-5-15)25-13-12-21(2)14-19(22)20-16-6-10-18(11-7-16)26(3,23)24/h4-11H,12-14H2,1-3H3,(H,20,22). The van der Waals surface area contributed by atoms with Crippen LogP contribution < -0.4 is 10.1 Å². The fourth-order valence-electron chi connectivity index (χ4n) is 2.26. The largest absolute Gasteiger partial charge is 0.492 e. The lowest BCUT2D eigenvalue weighted by Gasteiger charge is -2.16. The summed E-state index contributed by atoms with van der Waals surface area (Å²) in [6.07, 6.45) is 1.15. The summed E-state index contributed by atoms with van der Waals surface area (Å²) in [5.41, 5.74) is 1.74. The Morgan fingerprint density at radius 3 is 2.27 bits per heavy atom. The maximum absolute atomic E-state index is 12.1. The van der Waals surface area contributed by atoms with Gasteiger partial charge in [-0.1, -0.05) is 17.7 Å². The highest BCUT2D eigenvalue weighted by Crippen LogP contribution is 2.14. The second-order valence-electron chi connectivity index (χ2n) is 6.24. The van der Waals surface area contributed by atoms with Gasteiger partial charge in [0.05, 0.1) is 11.4 Å². The summed E-state index contributed by atoms with van der Waals surface area (Å²) < 4.78 is 28.5. The van der Waals surface area contributed by atoms with Crippen LogP contribution in [0.25, 0.3) is 0 Å². The Hall–Kier alpha value is -2.38. The fourth-order valence-corrected chi connectivity index (χ4v) is 2.89. The van der Waals surface area contributed by atoms with Crippen molar-refractivity contribution in [1.82, 2.24) is 4.90 Å². The first kappa shape index (κ1) is 19.9. The molecule has 140 valence electrons. The number of nitrogens with zero attached hydrogens (tertiary/aromatic N) is 1. The van der Waals surface area contributed by atoms with Gasteiger partial charge in [-0.3, -0.25) is 9.69 Å². The number of likely N-dealkylation sites (N-methyl/N-ethyl adjacent to an activating group) is 1. The number of aryl methyl sites for hydroxylation is 1. The van der Waals surface area contributed by atoms with E-state index in [0.29, 0.717) is 18.8 Å². The molecule has 0 aromatic heterocycles. The number of nitrogens with one attached hydrogen (secondary N) is 1. The molecule has 2 rings (SSSR count). The number of rotatable bonds is 8. The van der Waals surface area contributed by atoms with Crippen LogP contribution in [-0.4, -0.2) is 52.2 Å². The van der Waals surface area contributed by atoms with Crippen molar-refractivity contribution in [3.8, 4) is 5.75 Å². The summed E-state index contributed by atoms with van der Waals surface area (Å²) in [4.78, 5) is 14.1. The first-order valence-electron chi connectivity index (χ1n) is 8.22. The van der Waals surface area contributed by atoms with Gasteiger partial charge in [-0.15, -0.1) is 0 Å². The van der Waals surface area contributed by atoms with Crippen LogP contribution in [0.2, 0.25) is 0 Å². The predicted octanol–water partition coefficient (Wildman–Crippen LogP) is 2.35. The van der Waals surface area contributed by atoms with Gasteiger partial charge in [-0.05, 0) is 50.4 Å². The molecular weight excluding hydrogens is 352 g/mol. The van der Waals surface area contributed by atoms with Gasteiger partial charge in [-0.25, -0.2) is 8.42 Å². The van der Waals surface area contributed by atoms with Crippen LogP contribution in [-0.2, 0) is 14.6 Å². The summed E-state index contributed by atoms with van der Waals surface area (Å²) in [7, 11) is -1.40. The lowest BCUT2D eigenvalue weighted by Crippen LogP contribution is -2.33. The Labute approximate surface area is 154 Å². The van der Waals surface area contributed by atoms with E-state index < -0.39 is 9.84 Å². The van der Waals surface area contributed by atoms with E-state index in [9.17, 15) is 13.2 Å². The summed E-state index contributed by atoms with van der Waals surface area (Å²) in [6.45, 7) is 3.32. The van der Waals surface area contributed by atoms with Crippen LogP contribution in [0.1, 0.15) is 5.56 Å². The van der Waals surface area contributed by atoms with Gasteiger partial charge in [0.1, 0.15) is 12.4 Å². The quantitative estimate of drug-likeness (QED) is 0.765. The molecule has 0 aliphatic heterocycles. The minimum Gasteiger partial charge on any atom is -0.492 e. The highest BCUT2D eigenvalue weighted by molar-refractivity contribution is 7.90. The van der Waals surface area contributed by atoms with Gasteiger partial charge in [0, 0.05) is 18.5 Å². The Kier molecular flexibility index (Phi) is 6.76. The van der Waals surface area contributed by atoms with Crippen LogP contribution in [0, 0.1) is 6.92 Å². The lowest BCUT2D eigenvalue weighted by atomic mass is 10.2. The normalized spacial score (nSPS) is 11.4. The number of anilines is 1. The molecule has 0 spiro atoms. The third kappa shape index (κ3) is 6.50. The zero-order valence-electron chi connectivity index (χ0n) is 15.2. The van der Waals surface area contributed by atoms with Crippen molar-refractivity contribution in [3.63, 3.8) is 0 Å². The molecule has 0 fully saturated rings. The molecule has 2 aromatic rings. The molecular formula is C19H24N2O4S. The molecule has 1 amide bonds.